The number of imide groups is 1. The molecule has 2 rings (SSSR count). The topological polar surface area (TPSA) is 61.4 Å². The van der Waals surface area contributed by atoms with E-state index in [2.05, 4.69) is 15.5 Å². The van der Waals surface area contributed by atoms with E-state index in [-0.39, 0.29) is 18.4 Å². The molecule has 0 bridgehead atoms. The summed E-state index contributed by atoms with van der Waals surface area (Å²) in [5.41, 5.74) is -0.511. The van der Waals surface area contributed by atoms with Crippen molar-refractivity contribution in [3.8, 4) is 0 Å². The van der Waals surface area contributed by atoms with Gasteiger partial charge in [-0.3, -0.25) is 20.2 Å². The van der Waals surface area contributed by atoms with E-state index < -0.39 is 5.54 Å². The highest BCUT2D eigenvalue weighted by molar-refractivity contribution is 6.03. The molecule has 2 aliphatic heterocycles. The third-order valence-electron chi connectivity index (χ3n) is 2.74. The van der Waals surface area contributed by atoms with Crippen molar-refractivity contribution in [2.75, 3.05) is 26.7 Å². The van der Waals surface area contributed by atoms with Gasteiger partial charge in [0, 0.05) is 13.1 Å². The summed E-state index contributed by atoms with van der Waals surface area (Å²) in [6, 6.07) is 0. The maximum Gasteiger partial charge on any atom is 0.248 e. The molecular weight excluding hydrogens is 170 g/mol. The lowest BCUT2D eigenvalue weighted by atomic mass is 9.95. The lowest BCUT2D eigenvalue weighted by molar-refractivity contribution is -0.137. The molecule has 1 atom stereocenters. The lowest BCUT2D eigenvalue weighted by Gasteiger charge is -2.32. The van der Waals surface area contributed by atoms with Gasteiger partial charge in [0.05, 0.1) is 6.54 Å². The largest absolute Gasteiger partial charge is 0.304 e. The van der Waals surface area contributed by atoms with Crippen LogP contribution in [0.15, 0.2) is 0 Å². The number of nitrogens with zero attached hydrogens (tertiary/aromatic N) is 1. The van der Waals surface area contributed by atoms with Gasteiger partial charge in [-0.25, -0.2) is 0 Å². The number of hydrogen-bond donors (Lipinski definition) is 2. The average molecular weight is 183 g/mol. The van der Waals surface area contributed by atoms with E-state index in [4.69, 9.17) is 0 Å². The molecule has 0 radical (unpaired) electrons. The number of rotatable bonds is 0. The Morgan fingerprint density at radius 3 is 2.77 bits per heavy atom. The highest BCUT2D eigenvalue weighted by Gasteiger charge is 2.46. The molecular formula is C8H13N3O2. The normalized spacial score (nSPS) is 35.5. The molecule has 72 valence electrons. The standard InChI is InChI=1S/C8H13N3O2/c1-11-3-2-8(5-11)7(13)10-6(12)4-9-8/h9H,2-5H2,1H3,(H,10,12,13). The molecule has 0 aromatic carbocycles. The molecule has 0 aromatic heterocycles. The molecule has 2 fully saturated rings. The highest BCUT2D eigenvalue weighted by atomic mass is 16.2. The lowest BCUT2D eigenvalue weighted by Crippen LogP contribution is -2.66. The summed E-state index contributed by atoms with van der Waals surface area (Å²) >= 11 is 0. The van der Waals surface area contributed by atoms with E-state index >= 15 is 0 Å². The van der Waals surface area contributed by atoms with Crippen LogP contribution in [-0.4, -0.2) is 48.9 Å². The molecule has 2 N–H and O–H groups in total. The summed E-state index contributed by atoms with van der Waals surface area (Å²) < 4.78 is 0. The first-order valence-electron chi connectivity index (χ1n) is 4.40. The van der Waals surface area contributed by atoms with Crippen molar-refractivity contribution in [2.45, 2.75) is 12.0 Å². The van der Waals surface area contributed by atoms with Crippen LogP contribution in [0.2, 0.25) is 0 Å². The monoisotopic (exact) mass is 183 g/mol. The maximum atomic E-state index is 11.6. The van der Waals surface area contributed by atoms with Gasteiger partial charge in [-0.05, 0) is 13.5 Å². The highest BCUT2D eigenvalue weighted by Crippen LogP contribution is 2.21. The van der Waals surface area contributed by atoms with Crippen LogP contribution in [0.4, 0.5) is 0 Å². The molecule has 1 spiro atoms. The molecule has 5 heteroatoms. The number of hydrogen-bond acceptors (Lipinski definition) is 4. The smallest absolute Gasteiger partial charge is 0.248 e. The van der Waals surface area contributed by atoms with Crippen molar-refractivity contribution in [1.82, 2.24) is 15.5 Å². The van der Waals surface area contributed by atoms with Gasteiger partial charge < -0.3 is 4.90 Å². The predicted octanol–water partition coefficient (Wildman–Crippen LogP) is -1.69. The summed E-state index contributed by atoms with van der Waals surface area (Å²) in [7, 11) is 1.97. The number of carbonyl (C=O) groups excluding carboxylic acids is 2. The minimum absolute atomic E-state index is 0.173. The Kier molecular flexibility index (Phi) is 1.85. The van der Waals surface area contributed by atoms with Gasteiger partial charge in [0.15, 0.2) is 0 Å². The second-order valence-corrected chi connectivity index (χ2v) is 3.80. The van der Waals surface area contributed by atoms with Gasteiger partial charge in [-0.15, -0.1) is 0 Å². The fourth-order valence-corrected chi connectivity index (χ4v) is 1.95. The fourth-order valence-electron chi connectivity index (χ4n) is 1.95. The van der Waals surface area contributed by atoms with Crippen LogP contribution in [0.5, 0.6) is 0 Å². The van der Waals surface area contributed by atoms with E-state index in [0.29, 0.717) is 6.54 Å². The Bertz CT molecular complexity index is 266. The van der Waals surface area contributed by atoms with Crippen molar-refractivity contribution >= 4 is 11.8 Å². The minimum Gasteiger partial charge on any atom is -0.304 e. The quantitative estimate of drug-likeness (QED) is 0.440. The van der Waals surface area contributed by atoms with Crippen molar-refractivity contribution in [3.05, 3.63) is 0 Å². The van der Waals surface area contributed by atoms with Crippen LogP contribution in [0, 0.1) is 0 Å². The molecule has 2 saturated heterocycles. The van der Waals surface area contributed by atoms with E-state index in [0.717, 1.165) is 13.0 Å². The van der Waals surface area contributed by atoms with Crippen LogP contribution >= 0.6 is 0 Å². The van der Waals surface area contributed by atoms with Crippen LogP contribution in [0.3, 0.4) is 0 Å². The van der Waals surface area contributed by atoms with Gasteiger partial charge in [0.2, 0.25) is 11.8 Å². The number of likely N-dealkylation sites (N-methyl/N-ethyl adjacent to an activating group) is 1. The first-order valence-corrected chi connectivity index (χ1v) is 4.40. The van der Waals surface area contributed by atoms with Gasteiger partial charge in [-0.1, -0.05) is 0 Å². The van der Waals surface area contributed by atoms with Gasteiger partial charge in [0.1, 0.15) is 5.54 Å². The molecule has 13 heavy (non-hydrogen) atoms. The van der Waals surface area contributed by atoms with Gasteiger partial charge >= 0.3 is 0 Å². The summed E-state index contributed by atoms with van der Waals surface area (Å²) in [5, 5.41) is 5.39. The molecule has 0 aliphatic carbocycles. The van der Waals surface area contributed by atoms with Crippen LogP contribution in [-0.2, 0) is 9.59 Å². The molecule has 5 nitrogen and oxygen atoms in total. The van der Waals surface area contributed by atoms with Crippen LogP contribution in [0.1, 0.15) is 6.42 Å². The summed E-state index contributed by atoms with van der Waals surface area (Å²) in [6.45, 7) is 1.83. The molecule has 2 heterocycles. The van der Waals surface area contributed by atoms with Crippen molar-refractivity contribution in [2.24, 2.45) is 0 Å². The SMILES string of the molecule is CN1CCC2(C1)NCC(=O)NC2=O. The summed E-state index contributed by atoms with van der Waals surface area (Å²) in [5.74, 6) is -0.404. The molecule has 2 aliphatic rings. The van der Waals surface area contributed by atoms with Gasteiger partial charge in [-0.2, -0.15) is 0 Å². The Balaban J connectivity index is 2.15. The Hall–Kier alpha value is -0.940. The van der Waals surface area contributed by atoms with Crippen molar-refractivity contribution < 1.29 is 9.59 Å². The van der Waals surface area contributed by atoms with E-state index in [1.165, 1.54) is 0 Å². The minimum atomic E-state index is -0.511. The zero-order valence-electron chi connectivity index (χ0n) is 7.59. The van der Waals surface area contributed by atoms with E-state index in [1.54, 1.807) is 0 Å². The Morgan fingerprint density at radius 2 is 2.23 bits per heavy atom. The van der Waals surface area contributed by atoms with E-state index in [1.807, 2.05) is 7.05 Å². The number of likely N-dealkylation sites (tertiary alicyclic amines) is 1. The number of nitrogens with one attached hydrogen (secondary N) is 2. The zero-order chi connectivity index (χ0) is 9.47. The fraction of sp³-hybridized carbons (Fsp3) is 0.750. The maximum absolute atomic E-state index is 11.6. The predicted molar refractivity (Wildman–Crippen MR) is 46.0 cm³/mol. The van der Waals surface area contributed by atoms with Crippen LogP contribution in [0.25, 0.3) is 0 Å². The molecule has 1 unspecified atom stereocenters. The van der Waals surface area contributed by atoms with Crippen LogP contribution < -0.4 is 10.6 Å². The summed E-state index contributed by atoms with van der Waals surface area (Å²) in [6.07, 6.45) is 0.780. The third kappa shape index (κ3) is 1.34. The Morgan fingerprint density at radius 1 is 1.46 bits per heavy atom. The first-order chi connectivity index (χ1) is 6.12. The molecule has 2 amide bonds. The first kappa shape index (κ1) is 8.65. The summed E-state index contributed by atoms with van der Waals surface area (Å²) in [4.78, 5) is 24.5. The van der Waals surface area contributed by atoms with Gasteiger partial charge in [0.25, 0.3) is 0 Å². The molecule has 0 aromatic rings. The number of carbonyl (C=O) groups is 2. The Labute approximate surface area is 76.5 Å². The number of amides is 2. The second-order valence-electron chi connectivity index (χ2n) is 3.80. The number of piperazine rings is 1. The van der Waals surface area contributed by atoms with Crippen molar-refractivity contribution in [1.29, 1.82) is 0 Å². The average Bonchev–Trinajstić information content (AvgIpc) is 2.43. The molecule has 0 saturated carbocycles. The van der Waals surface area contributed by atoms with E-state index in [9.17, 15) is 9.59 Å². The van der Waals surface area contributed by atoms with Crippen molar-refractivity contribution in [3.63, 3.8) is 0 Å². The second kappa shape index (κ2) is 2.78. The zero-order valence-corrected chi connectivity index (χ0v) is 7.59. The third-order valence-corrected chi connectivity index (χ3v) is 2.74.